The Morgan fingerprint density at radius 1 is 1.22 bits per heavy atom. The average molecular weight is 323 g/mol. The molecule has 18 heavy (non-hydrogen) atoms. The number of halogens is 2. The van der Waals surface area contributed by atoms with Gasteiger partial charge in [-0.1, -0.05) is 45.7 Å². The lowest BCUT2D eigenvalue weighted by Gasteiger charge is -1.96. The monoisotopic (exact) mass is 321 g/mol. The lowest BCUT2D eigenvalue weighted by atomic mass is 10.1. The summed E-state index contributed by atoms with van der Waals surface area (Å²) in [5.41, 5.74) is 1.50. The van der Waals surface area contributed by atoms with E-state index in [2.05, 4.69) is 20.9 Å². The minimum absolute atomic E-state index is 0.0952. The summed E-state index contributed by atoms with van der Waals surface area (Å²) in [7, 11) is 0. The number of rotatable bonds is 3. The topological polar surface area (TPSA) is 30.0 Å². The van der Waals surface area contributed by atoms with Crippen LogP contribution in [0.1, 0.15) is 15.9 Å². The maximum absolute atomic E-state index is 11.9. The van der Waals surface area contributed by atoms with Gasteiger partial charge in [0.1, 0.15) is 5.15 Å². The molecular weight excluding hydrogens is 314 g/mol. The van der Waals surface area contributed by atoms with Crippen molar-refractivity contribution in [2.75, 3.05) is 0 Å². The Balaban J connectivity index is 2.14. The number of nitrogens with zero attached hydrogens (tertiary/aromatic N) is 1. The molecule has 0 aliphatic heterocycles. The molecule has 0 fully saturated rings. The Morgan fingerprint density at radius 3 is 2.61 bits per heavy atom. The van der Waals surface area contributed by atoms with Gasteiger partial charge in [0, 0.05) is 16.2 Å². The SMILES string of the molecule is O=C(C=Cc1ccc(Br)cc1)c1ccnc(Cl)c1. The minimum Gasteiger partial charge on any atom is -0.289 e. The third kappa shape index (κ3) is 3.52. The van der Waals surface area contributed by atoms with Crippen molar-refractivity contribution >= 4 is 39.4 Å². The van der Waals surface area contributed by atoms with Gasteiger partial charge in [0.2, 0.25) is 0 Å². The first-order chi connectivity index (χ1) is 8.65. The van der Waals surface area contributed by atoms with Gasteiger partial charge in [-0.3, -0.25) is 4.79 Å². The van der Waals surface area contributed by atoms with Crippen molar-refractivity contribution in [1.29, 1.82) is 0 Å². The summed E-state index contributed by atoms with van der Waals surface area (Å²) >= 11 is 9.09. The van der Waals surface area contributed by atoms with Crippen LogP contribution < -0.4 is 0 Å². The largest absolute Gasteiger partial charge is 0.289 e. The van der Waals surface area contributed by atoms with Crippen molar-refractivity contribution in [2.24, 2.45) is 0 Å². The van der Waals surface area contributed by atoms with Crippen LogP contribution >= 0.6 is 27.5 Å². The van der Waals surface area contributed by atoms with E-state index in [1.54, 1.807) is 18.2 Å². The van der Waals surface area contributed by atoms with Crippen LogP contribution in [0.25, 0.3) is 6.08 Å². The highest BCUT2D eigenvalue weighted by Gasteiger charge is 2.02. The van der Waals surface area contributed by atoms with Gasteiger partial charge in [0.15, 0.2) is 5.78 Å². The zero-order valence-corrected chi connectivity index (χ0v) is 11.6. The highest BCUT2D eigenvalue weighted by Crippen LogP contribution is 2.13. The van der Waals surface area contributed by atoms with Gasteiger partial charge in [-0.15, -0.1) is 0 Å². The molecule has 1 heterocycles. The zero-order valence-electron chi connectivity index (χ0n) is 9.31. The van der Waals surface area contributed by atoms with Gasteiger partial charge in [0.05, 0.1) is 0 Å². The van der Waals surface area contributed by atoms with E-state index in [4.69, 9.17) is 11.6 Å². The lowest BCUT2D eigenvalue weighted by molar-refractivity contribution is 0.104. The number of carbonyl (C=O) groups is 1. The molecule has 0 atom stereocenters. The molecule has 2 rings (SSSR count). The summed E-state index contributed by atoms with van der Waals surface area (Å²) in [5, 5.41) is 0.317. The summed E-state index contributed by atoms with van der Waals surface area (Å²) in [5.74, 6) is -0.0952. The molecule has 0 bridgehead atoms. The normalized spacial score (nSPS) is 10.8. The number of hydrogen-bond donors (Lipinski definition) is 0. The Hall–Kier alpha value is -1.45. The number of hydrogen-bond acceptors (Lipinski definition) is 2. The van der Waals surface area contributed by atoms with E-state index in [9.17, 15) is 4.79 Å². The Labute approximate surface area is 118 Å². The average Bonchev–Trinajstić information content (AvgIpc) is 2.38. The molecule has 0 saturated heterocycles. The molecule has 0 aliphatic rings. The molecule has 0 amide bonds. The summed E-state index contributed by atoms with van der Waals surface area (Å²) < 4.78 is 1.01. The van der Waals surface area contributed by atoms with Crippen LogP contribution in [0.15, 0.2) is 53.1 Å². The number of benzene rings is 1. The molecule has 0 aliphatic carbocycles. The second kappa shape index (κ2) is 5.94. The van der Waals surface area contributed by atoms with Crippen LogP contribution in [0.3, 0.4) is 0 Å². The van der Waals surface area contributed by atoms with Gasteiger partial charge in [-0.25, -0.2) is 4.98 Å². The minimum atomic E-state index is -0.0952. The molecular formula is C14H9BrClNO. The van der Waals surface area contributed by atoms with Crippen LogP contribution in [0.4, 0.5) is 0 Å². The molecule has 0 radical (unpaired) electrons. The summed E-state index contributed by atoms with van der Waals surface area (Å²) in [6, 6.07) is 10.9. The van der Waals surface area contributed by atoms with Gasteiger partial charge in [-0.05, 0) is 35.9 Å². The van der Waals surface area contributed by atoms with Gasteiger partial charge >= 0.3 is 0 Å². The third-order valence-corrected chi connectivity index (χ3v) is 3.04. The maximum atomic E-state index is 11.9. The maximum Gasteiger partial charge on any atom is 0.186 e. The van der Waals surface area contributed by atoms with Crippen LogP contribution in [0.2, 0.25) is 5.15 Å². The number of allylic oxidation sites excluding steroid dienone is 1. The van der Waals surface area contributed by atoms with Crippen LogP contribution in [0, 0.1) is 0 Å². The quantitative estimate of drug-likeness (QED) is 0.476. The van der Waals surface area contributed by atoms with E-state index in [0.29, 0.717) is 10.7 Å². The molecule has 1 aromatic heterocycles. The number of pyridine rings is 1. The first-order valence-electron chi connectivity index (χ1n) is 5.25. The van der Waals surface area contributed by atoms with Crippen LogP contribution in [-0.2, 0) is 0 Å². The molecule has 4 heteroatoms. The fraction of sp³-hybridized carbons (Fsp3) is 0. The van der Waals surface area contributed by atoms with E-state index in [0.717, 1.165) is 10.0 Å². The summed E-state index contributed by atoms with van der Waals surface area (Å²) in [6.07, 6.45) is 4.81. The van der Waals surface area contributed by atoms with E-state index < -0.39 is 0 Å². The lowest BCUT2D eigenvalue weighted by Crippen LogP contribution is -1.94. The van der Waals surface area contributed by atoms with Crippen molar-refractivity contribution in [3.8, 4) is 0 Å². The number of carbonyl (C=O) groups excluding carboxylic acids is 1. The Morgan fingerprint density at radius 2 is 1.94 bits per heavy atom. The third-order valence-electron chi connectivity index (χ3n) is 2.31. The van der Waals surface area contributed by atoms with Crippen molar-refractivity contribution in [3.63, 3.8) is 0 Å². The van der Waals surface area contributed by atoms with Gasteiger partial charge < -0.3 is 0 Å². The summed E-state index contributed by atoms with van der Waals surface area (Å²) in [4.78, 5) is 15.7. The second-order valence-electron chi connectivity index (χ2n) is 3.62. The molecule has 0 N–H and O–H groups in total. The van der Waals surface area contributed by atoms with E-state index in [1.807, 2.05) is 24.3 Å². The van der Waals surface area contributed by atoms with Crippen molar-refractivity contribution in [2.45, 2.75) is 0 Å². The highest BCUT2D eigenvalue weighted by molar-refractivity contribution is 9.10. The highest BCUT2D eigenvalue weighted by atomic mass is 79.9. The van der Waals surface area contributed by atoms with Crippen LogP contribution in [0.5, 0.6) is 0 Å². The second-order valence-corrected chi connectivity index (χ2v) is 4.92. The Kier molecular flexibility index (Phi) is 4.28. The summed E-state index contributed by atoms with van der Waals surface area (Å²) in [6.45, 7) is 0. The zero-order chi connectivity index (χ0) is 13.0. The Bertz CT molecular complexity index is 593. The van der Waals surface area contributed by atoms with E-state index >= 15 is 0 Å². The molecule has 1 aromatic carbocycles. The molecule has 90 valence electrons. The first-order valence-corrected chi connectivity index (χ1v) is 6.42. The fourth-order valence-corrected chi connectivity index (χ4v) is 1.84. The molecule has 0 spiro atoms. The molecule has 0 unspecified atom stereocenters. The van der Waals surface area contributed by atoms with Gasteiger partial charge in [0.25, 0.3) is 0 Å². The standard InChI is InChI=1S/C14H9BrClNO/c15-12-4-1-10(2-5-12)3-6-13(18)11-7-8-17-14(16)9-11/h1-9H. The predicted molar refractivity (Wildman–Crippen MR) is 76.8 cm³/mol. The number of aromatic nitrogens is 1. The smallest absolute Gasteiger partial charge is 0.186 e. The molecule has 2 aromatic rings. The van der Waals surface area contributed by atoms with Gasteiger partial charge in [-0.2, -0.15) is 0 Å². The fourth-order valence-electron chi connectivity index (χ4n) is 1.40. The van der Waals surface area contributed by atoms with E-state index in [1.165, 1.54) is 12.3 Å². The molecule has 0 saturated carbocycles. The first kappa shape index (κ1) is 13.0. The predicted octanol–water partition coefficient (Wildman–Crippen LogP) is 4.39. The van der Waals surface area contributed by atoms with Crippen molar-refractivity contribution in [1.82, 2.24) is 4.98 Å². The van der Waals surface area contributed by atoms with Crippen molar-refractivity contribution in [3.05, 3.63) is 69.4 Å². The number of ketones is 1. The van der Waals surface area contributed by atoms with Crippen LogP contribution in [-0.4, -0.2) is 10.8 Å². The molecule has 2 nitrogen and oxygen atoms in total. The van der Waals surface area contributed by atoms with Crippen molar-refractivity contribution < 1.29 is 4.79 Å². The van der Waals surface area contributed by atoms with E-state index in [-0.39, 0.29) is 5.78 Å².